The van der Waals surface area contributed by atoms with E-state index in [1.165, 1.54) is 5.69 Å². The topological polar surface area (TPSA) is 17.8 Å². The van der Waals surface area contributed by atoms with Crippen LogP contribution in [0.3, 0.4) is 0 Å². The monoisotopic (exact) mass is 190 g/mol. The molecule has 76 valence electrons. The van der Waals surface area contributed by atoms with Gasteiger partial charge in [-0.2, -0.15) is 5.10 Å². The number of hydrogen-bond acceptors (Lipinski definition) is 1. The van der Waals surface area contributed by atoms with Crippen molar-refractivity contribution in [2.75, 3.05) is 0 Å². The first-order valence-electron chi connectivity index (χ1n) is 4.89. The van der Waals surface area contributed by atoms with E-state index < -0.39 is 0 Å². The van der Waals surface area contributed by atoms with Gasteiger partial charge in [0.05, 0.1) is 5.69 Å². The Kier molecular flexibility index (Phi) is 3.00. The van der Waals surface area contributed by atoms with Crippen molar-refractivity contribution in [2.24, 2.45) is 5.41 Å². The van der Waals surface area contributed by atoms with Crippen LogP contribution in [-0.4, -0.2) is 9.78 Å². The maximum Gasteiger partial charge on any atom is 0.102 e. The smallest absolute Gasteiger partial charge is 0.102 e. The molecule has 1 aromatic rings. The molecular formula is C12H18N2. The SMILES string of the molecule is Cc1cc(C)n(CC#CC(C)(C)C)n1. The van der Waals surface area contributed by atoms with Crippen LogP contribution in [0.4, 0.5) is 0 Å². The lowest BCUT2D eigenvalue weighted by Crippen LogP contribution is -2.03. The number of rotatable bonds is 1. The van der Waals surface area contributed by atoms with Crippen molar-refractivity contribution in [1.29, 1.82) is 0 Å². The average molecular weight is 190 g/mol. The second-order valence-electron chi connectivity index (χ2n) is 4.64. The molecule has 0 atom stereocenters. The van der Waals surface area contributed by atoms with Gasteiger partial charge in [-0.3, -0.25) is 4.68 Å². The maximum atomic E-state index is 4.34. The molecule has 0 N–H and O–H groups in total. The predicted molar refractivity (Wildman–Crippen MR) is 58.9 cm³/mol. The highest BCUT2D eigenvalue weighted by Crippen LogP contribution is 2.09. The van der Waals surface area contributed by atoms with Crippen LogP contribution in [0.25, 0.3) is 0 Å². The number of nitrogens with zero attached hydrogens (tertiary/aromatic N) is 2. The molecular weight excluding hydrogens is 172 g/mol. The quantitative estimate of drug-likeness (QED) is 0.622. The van der Waals surface area contributed by atoms with Gasteiger partial charge in [0.1, 0.15) is 6.54 Å². The van der Waals surface area contributed by atoms with Gasteiger partial charge in [-0.05, 0) is 40.7 Å². The highest BCUT2D eigenvalue weighted by atomic mass is 15.3. The van der Waals surface area contributed by atoms with Gasteiger partial charge < -0.3 is 0 Å². The Labute approximate surface area is 86.3 Å². The molecule has 0 saturated heterocycles. The predicted octanol–water partition coefficient (Wildman–Crippen LogP) is 2.55. The zero-order valence-electron chi connectivity index (χ0n) is 9.68. The van der Waals surface area contributed by atoms with E-state index in [4.69, 9.17) is 0 Å². The Balaban J connectivity index is 2.70. The minimum atomic E-state index is 0.0795. The molecule has 1 rings (SSSR count). The molecule has 0 aromatic carbocycles. The summed E-state index contributed by atoms with van der Waals surface area (Å²) in [5.41, 5.74) is 2.31. The fourth-order valence-corrected chi connectivity index (χ4v) is 1.21. The third kappa shape index (κ3) is 3.26. The van der Waals surface area contributed by atoms with Crippen LogP contribution >= 0.6 is 0 Å². The lowest BCUT2D eigenvalue weighted by Gasteiger charge is -2.07. The van der Waals surface area contributed by atoms with Gasteiger partial charge in [-0.25, -0.2) is 0 Å². The minimum absolute atomic E-state index is 0.0795. The van der Waals surface area contributed by atoms with Gasteiger partial charge in [-0.1, -0.05) is 11.8 Å². The van der Waals surface area contributed by atoms with Crippen molar-refractivity contribution in [1.82, 2.24) is 9.78 Å². The molecule has 0 spiro atoms. The zero-order chi connectivity index (χ0) is 10.8. The standard InChI is InChI=1S/C12H18N2/c1-10-9-11(2)14(13-10)8-6-7-12(3,4)5/h9H,8H2,1-5H3. The van der Waals surface area contributed by atoms with Crippen LogP contribution < -0.4 is 0 Å². The van der Waals surface area contributed by atoms with Crippen LogP contribution in [0.2, 0.25) is 0 Å². The first-order chi connectivity index (χ1) is 6.38. The lowest BCUT2D eigenvalue weighted by molar-refractivity contribution is 0.568. The van der Waals surface area contributed by atoms with Gasteiger partial charge >= 0.3 is 0 Å². The number of aryl methyl sites for hydroxylation is 2. The van der Waals surface area contributed by atoms with E-state index in [1.54, 1.807) is 0 Å². The van der Waals surface area contributed by atoms with E-state index in [1.807, 2.05) is 11.6 Å². The summed E-state index contributed by atoms with van der Waals surface area (Å²) < 4.78 is 1.94. The highest BCUT2D eigenvalue weighted by molar-refractivity contribution is 5.11. The summed E-state index contributed by atoms with van der Waals surface area (Å²) in [6.07, 6.45) is 0. The number of hydrogen-bond donors (Lipinski definition) is 0. The van der Waals surface area contributed by atoms with E-state index in [0.717, 1.165) is 5.69 Å². The summed E-state index contributed by atoms with van der Waals surface area (Å²) in [5.74, 6) is 6.34. The van der Waals surface area contributed by atoms with Gasteiger partial charge in [0, 0.05) is 11.1 Å². The highest BCUT2D eigenvalue weighted by Gasteiger charge is 2.03. The molecule has 14 heavy (non-hydrogen) atoms. The van der Waals surface area contributed by atoms with Crippen molar-refractivity contribution < 1.29 is 0 Å². The third-order valence-electron chi connectivity index (χ3n) is 1.80. The Hall–Kier alpha value is -1.23. The third-order valence-corrected chi connectivity index (χ3v) is 1.80. The Morgan fingerprint density at radius 2 is 2.00 bits per heavy atom. The van der Waals surface area contributed by atoms with Crippen LogP contribution in [0.5, 0.6) is 0 Å². The molecule has 0 saturated carbocycles. The second-order valence-corrected chi connectivity index (χ2v) is 4.64. The van der Waals surface area contributed by atoms with Crippen LogP contribution in [0.1, 0.15) is 32.2 Å². The molecule has 0 radical (unpaired) electrons. The first kappa shape index (κ1) is 10.8. The zero-order valence-corrected chi connectivity index (χ0v) is 9.68. The molecule has 0 aliphatic rings. The maximum absolute atomic E-state index is 4.34. The molecule has 1 heterocycles. The molecule has 0 unspecified atom stereocenters. The molecule has 0 bridgehead atoms. The number of aromatic nitrogens is 2. The minimum Gasteiger partial charge on any atom is -0.258 e. The van der Waals surface area contributed by atoms with Crippen LogP contribution in [0, 0.1) is 31.1 Å². The van der Waals surface area contributed by atoms with Gasteiger partial charge in [0.2, 0.25) is 0 Å². The molecule has 2 heteroatoms. The average Bonchev–Trinajstić information content (AvgIpc) is 2.27. The van der Waals surface area contributed by atoms with Crippen molar-refractivity contribution in [3.8, 4) is 11.8 Å². The Morgan fingerprint density at radius 3 is 2.43 bits per heavy atom. The summed E-state index contributed by atoms with van der Waals surface area (Å²) in [7, 11) is 0. The summed E-state index contributed by atoms with van der Waals surface area (Å²) in [5, 5.41) is 4.34. The van der Waals surface area contributed by atoms with Gasteiger partial charge in [0.15, 0.2) is 0 Å². The molecule has 0 aliphatic heterocycles. The largest absolute Gasteiger partial charge is 0.258 e. The Morgan fingerprint density at radius 1 is 1.36 bits per heavy atom. The molecule has 0 aliphatic carbocycles. The van der Waals surface area contributed by atoms with E-state index in [9.17, 15) is 0 Å². The molecule has 1 aromatic heterocycles. The van der Waals surface area contributed by atoms with E-state index in [-0.39, 0.29) is 5.41 Å². The molecule has 0 amide bonds. The summed E-state index contributed by atoms with van der Waals surface area (Å²) in [6, 6.07) is 2.07. The fourth-order valence-electron chi connectivity index (χ4n) is 1.21. The fraction of sp³-hybridized carbons (Fsp3) is 0.583. The van der Waals surface area contributed by atoms with E-state index in [0.29, 0.717) is 6.54 Å². The molecule has 2 nitrogen and oxygen atoms in total. The van der Waals surface area contributed by atoms with Crippen LogP contribution in [0.15, 0.2) is 6.07 Å². The normalized spacial score (nSPS) is 10.9. The van der Waals surface area contributed by atoms with E-state index >= 15 is 0 Å². The van der Waals surface area contributed by atoms with Crippen molar-refractivity contribution in [3.63, 3.8) is 0 Å². The van der Waals surface area contributed by atoms with E-state index in [2.05, 4.69) is 50.7 Å². The van der Waals surface area contributed by atoms with Crippen LogP contribution in [-0.2, 0) is 6.54 Å². The van der Waals surface area contributed by atoms with Gasteiger partial charge in [0.25, 0.3) is 0 Å². The van der Waals surface area contributed by atoms with Crippen molar-refractivity contribution in [3.05, 3.63) is 17.5 Å². The Bertz CT molecular complexity index is 369. The molecule has 0 fully saturated rings. The summed E-state index contributed by atoms with van der Waals surface area (Å²) in [4.78, 5) is 0. The first-order valence-corrected chi connectivity index (χ1v) is 4.89. The summed E-state index contributed by atoms with van der Waals surface area (Å²) in [6.45, 7) is 11.1. The van der Waals surface area contributed by atoms with Crippen molar-refractivity contribution >= 4 is 0 Å². The summed E-state index contributed by atoms with van der Waals surface area (Å²) >= 11 is 0. The van der Waals surface area contributed by atoms with Gasteiger partial charge in [-0.15, -0.1) is 0 Å². The van der Waals surface area contributed by atoms with Crippen molar-refractivity contribution in [2.45, 2.75) is 41.2 Å². The second kappa shape index (κ2) is 3.88. The lowest BCUT2D eigenvalue weighted by atomic mass is 9.98.